The lowest BCUT2D eigenvalue weighted by Gasteiger charge is -2.34. The molecule has 0 spiro atoms. The van der Waals surface area contributed by atoms with Gasteiger partial charge in [0.25, 0.3) is 5.91 Å². The van der Waals surface area contributed by atoms with Gasteiger partial charge in [-0.2, -0.15) is 5.10 Å². The fraction of sp³-hybridized carbons (Fsp3) is 0.304. The van der Waals surface area contributed by atoms with E-state index in [1.165, 1.54) is 0 Å². The third kappa shape index (κ3) is 4.50. The maximum absolute atomic E-state index is 12.8. The van der Waals surface area contributed by atoms with Crippen molar-refractivity contribution in [3.8, 4) is 0 Å². The van der Waals surface area contributed by atoms with E-state index in [0.29, 0.717) is 22.8 Å². The van der Waals surface area contributed by atoms with E-state index in [-0.39, 0.29) is 5.91 Å². The van der Waals surface area contributed by atoms with E-state index in [1.54, 1.807) is 6.20 Å². The first-order valence-corrected chi connectivity index (χ1v) is 10.5. The Hall–Kier alpha value is -2.83. The summed E-state index contributed by atoms with van der Waals surface area (Å²) in [5, 5.41) is 7.99. The number of carbonyl (C=O) groups is 1. The summed E-state index contributed by atoms with van der Waals surface area (Å²) >= 11 is 6.53. The summed E-state index contributed by atoms with van der Waals surface area (Å²) in [4.78, 5) is 17.4. The molecule has 1 saturated heterocycles. The lowest BCUT2D eigenvalue weighted by Crippen LogP contribution is -2.44. The van der Waals surface area contributed by atoms with Gasteiger partial charge in [0.1, 0.15) is 0 Å². The largest absolute Gasteiger partial charge is 0.368 e. The van der Waals surface area contributed by atoms with Gasteiger partial charge in [-0.1, -0.05) is 41.9 Å². The van der Waals surface area contributed by atoms with Gasteiger partial charge in [0.15, 0.2) is 0 Å². The van der Waals surface area contributed by atoms with Gasteiger partial charge in [0.05, 0.1) is 29.0 Å². The molecule has 1 N–H and O–H groups in total. The number of amides is 1. The predicted molar refractivity (Wildman–Crippen MR) is 122 cm³/mol. The molecule has 1 fully saturated rings. The second-order valence-corrected chi connectivity index (χ2v) is 8.10. The summed E-state index contributed by atoms with van der Waals surface area (Å²) < 4.78 is 1.84. The fourth-order valence-corrected chi connectivity index (χ4v) is 3.97. The summed E-state index contributed by atoms with van der Waals surface area (Å²) in [5.74, 6) is -0.185. The molecule has 0 aliphatic carbocycles. The molecule has 0 atom stereocenters. The van der Waals surface area contributed by atoms with Crippen molar-refractivity contribution in [2.75, 3.05) is 43.4 Å². The van der Waals surface area contributed by atoms with Gasteiger partial charge in [-0.3, -0.25) is 9.48 Å². The molecule has 3 aromatic rings. The van der Waals surface area contributed by atoms with E-state index >= 15 is 0 Å². The minimum absolute atomic E-state index is 0.185. The van der Waals surface area contributed by atoms with Crippen LogP contribution in [0.4, 0.5) is 11.4 Å². The molecular weight excluding hydrogens is 398 g/mol. The number of carbonyl (C=O) groups excluding carboxylic acids is 1. The number of anilines is 2. The molecule has 1 aliphatic heterocycles. The monoisotopic (exact) mass is 423 g/mol. The standard InChI is InChI=1S/C23H26ClN5O/c1-17-20(15-25-29(17)16-18-6-4-3-5-7-18)23(30)26-19-8-9-22(21(24)14-19)28-12-10-27(2)11-13-28/h3-9,14-15H,10-13,16H2,1-2H3,(H,26,30). The molecule has 0 saturated carbocycles. The average molecular weight is 424 g/mol. The van der Waals surface area contributed by atoms with Crippen molar-refractivity contribution in [3.63, 3.8) is 0 Å². The highest BCUT2D eigenvalue weighted by atomic mass is 35.5. The average Bonchev–Trinajstić information content (AvgIpc) is 3.10. The lowest BCUT2D eigenvalue weighted by molar-refractivity contribution is 0.102. The zero-order valence-electron chi connectivity index (χ0n) is 17.3. The molecule has 1 aliphatic rings. The van der Waals surface area contributed by atoms with Gasteiger partial charge < -0.3 is 15.1 Å². The van der Waals surface area contributed by atoms with E-state index < -0.39 is 0 Å². The molecule has 4 rings (SSSR count). The third-order valence-electron chi connectivity index (χ3n) is 5.57. The zero-order chi connectivity index (χ0) is 21.1. The van der Waals surface area contributed by atoms with Crippen molar-refractivity contribution in [1.82, 2.24) is 14.7 Å². The second-order valence-electron chi connectivity index (χ2n) is 7.70. The van der Waals surface area contributed by atoms with Crippen LogP contribution in [-0.4, -0.2) is 53.8 Å². The van der Waals surface area contributed by atoms with E-state index in [0.717, 1.165) is 43.1 Å². The van der Waals surface area contributed by atoms with Crippen molar-refractivity contribution in [2.24, 2.45) is 0 Å². The van der Waals surface area contributed by atoms with Gasteiger partial charge in [-0.05, 0) is 37.7 Å². The van der Waals surface area contributed by atoms with Crippen LogP contribution >= 0.6 is 11.6 Å². The molecule has 30 heavy (non-hydrogen) atoms. The third-order valence-corrected chi connectivity index (χ3v) is 5.88. The highest BCUT2D eigenvalue weighted by molar-refractivity contribution is 6.33. The number of hydrogen-bond donors (Lipinski definition) is 1. The Morgan fingerprint density at radius 3 is 2.53 bits per heavy atom. The Labute approximate surface area is 182 Å². The number of likely N-dealkylation sites (N-methyl/N-ethyl adjacent to an activating group) is 1. The van der Waals surface area contributed by atoms with Crippen LogP contribution in [0.15, 0.2) is 54.7 Å². The zero-order valence-corrected chi connectivity index (χ0v) is 18.1. The maximum Gasteiger partial charge on any atom is 0.259 e. The quantitative estimate of drug-likeness (QED) is 0.676. The summed E-state index contributed by atoms with van der Waals surface area (Å²) in [6.07, 6.45) is 1.62. The Kier molecular flexibility index (Phi) is 6.06. The molecule has 156 valence electrons. The molecule has 0 bridgehead atoms. The minimum Gasteiger partial charge on any atom is -0.368 e. The van der Waals surface area contributed by atoms with Crippen LogP contribution < -0.4 is 10.2 Å². The molecule has 0 unspecified atom stereocenters. The van der Waals surface area contributed by atoms with E-state index in [1.807, 2.05) is 60.1 Å². The minimum atomic E-state index is -0.185. The molecule has 1 amide bonds. The van der Waals surface area contributed by atoms with Crippen LogP contribution in [0.1, 0.15) is 21.6 Å². The molecule has 7 heteroatoms. The molecular formula is C23H26ClN5O. The molecule has 2 heterocycles. The normalized spacial score (nSPS) is 14.7. The summed E-state index contributed by atoms with van der Waals surface area (Å²) in [5.41, 5.74) is 4.22. The number of rotatable bonds is 5. The van der Waals surface area contributed by atoms with Crippen molar-refractivity contribution < 1.29 is 4.79 Å². The van der Waals surface area contributed by atoms with E-state index in [4.69, 9.17) is 11.6 Å². The highest BCUT2D eigenvalue weighted by Crippen LogP contribution is 2.30. The van der Waals surface area contributed by atoms with Crippen LogP contribution in [0.5, 0.6) is 0 Å². The van der Waals surface area contributed by atoms with Crippen LogP contribution in [-0.2, 0) is 6.54 Å². The van der Waals surface area contributed by atoms with Crippen LogP contribution in [0.3, 0.4) is 0 Å². The molecule has 6 nitrogen and oxygen atoms in total. The number of halogens is 1. The molecule has 1 aromatic heterocycles. The Bertz CT molecular complexity index is 1030. The maximum atomic E-state index is 12.8. The smallest absolute Gasteiger partial charge is 0.259 e. The van der Waals surface area contributed by atoms with Gasteiger partial charge in [0.2, 0.25) is 0 Å². The number of nitrogens with one attached hydrogen (secondary N) is 1. The van der Waals surface area contributed by atoms with E-state index in [9.17, 15) is 4.79 Å². The Balaban J connectivity index is 1.44. The first-order chi connectivity index (χ1) is 14.5. The summed E-state index contributed by atoms with van der Waals surface area (Å²) in [6, 6.07) is 15.8. The van der Waals surface area contributed by atoms with E-state index in [2.05, 4.69) is 27.3 Å². The Morgan fingerprint density at radius 1 is 1.10 bits per heavy atom. The van der Waals surface area contributed by atoms with Crippen molar-refractivity contribution >= 4 is 28.9 Å². The van der Waals surface area contributed by atoms with Crippen LogP contribution in [0, 0.1) is 6.92 Å². The summed E-state index contributed by atoms with van der Waals surface area (Å²) in [7, 11) is 2.13. The summed E-state index contributed by atoms with van der Waals surface area (Å²) in [6.45, 7) is 6.46. The van der Waals surface area contributed by atoms with Crippen LogP contribution in [0.2, 0.25) is 5.02 Å². The molecule has 0 radical (unpaired) electrons. The first kappa shape index (κ1) is 20.4. The number of aromatic nitrogens is 2. The topological polar surface area (TPSA) is 53.4 Å². The van der Waals surface area contributed by atoms with Gasteiger partial charge in [0, 0.05) is 37.6 Å². The van der Waals surface area contributed by atoms with Gasteiger partial charge in [-0.15, -0.1) is 0 Å². The van der Waals surface area contributed by atoms with Crippen molar-refractivity contribution in [2.45, 2.75) is 13.5 Å². The number of piperazine rings is 1. The van der Waals surface area contributed by atoms with Crippen molar-refractivity contribution in [3.05, 3.63) is 76.6 Å². The number of hydrogen-bond acceptors (Lipinski definition) is 4. The lowest BCUT2D eigenvalue weighted by atomic mass is 10.2. The van der Waals surface area contributed by atoms with Gasteiger partial charge >= 0.3 is 0 Å². The Morgan fingerprint density at radius 2 is 1.83 bits per heavy atom. The number of benzene rings is 2. The van der Waals surface area contributed by atoms with Crippen molar-refractivity contribution in [1.29, 1.82) is 0 Å². The molecule has 2 aromatic carbocycles. The highest BCUT2D eigenvalue weighted by Gasteiger charge is 2.18. The second kappa shape index (κ2) is 8.90. The first-order valence-electron chi connectivity index (χ1n) is 10.1. The number of nitrogens with zero attached hydrogens (tertiary/aromatic N) is 4. The van der Waals surface area contributed by atoms with Gasteiger partial charge in [-0.25, -0.2) is 0 Å². The predicted octanol–water partition coefficient (Wildman–Crippen LogP) is 3.90. The van der Waals surface area contributed by atoms with Crippen LogP contribution in [0.25, 0.3) is 0 Å². The fourth-order valence-electron chi connectivity index (χ4n) is 3.67. The SMILES string of the molecule is Cc1c(C(=O)Nc2ccc(N3CCN(C)CC3)c(Cl)c2)cnn1Cc1ccccc1.